The van der Waals surface area contributed by atoms with E-state index in [9.17, 15) is 4.79 Å². The van der Waals surface area contributed by atoms with E-state index in [1.807, 2.05) is 41.9 Å². The minimum Gasteiger partial charge on any atom is -0.344 e. The van der Waals surface area contributed by atoms with Crippen LogP contribution in [-0.4, -0.2) is 10.9 Å². The number of amides is 1. The zero-order chi connectivity index (χ0) is 11.4. The van der Waals surface area contributed by atoms with Crippen LogP contribution in [0.15, 0.2) is 41.2 Å². The molecule has 2 aromatic rings. The van der Waals surface area contributed by atoms with Gasteiger partial charge in [-0.15, -0.1) is 0 Å². The Balaban J connectivity index is 2.03. The minimum atomic E-state index is -0.0754. The number of rotatable bonds is 3. The van der Waals surface area contributed by atoms with Gasteiger partial charge in [-0.1, -0.05) is 6.07 Å². The lowest BCUT2D eigenvalue weighted by Gasteiger charge is -2.12. The molecule has 0 saturated carbocycles. The molecular weight excluding hydrogens is 220 g/mol. The van der Waals surface area contributed by atoms with Gasteiger partial charge in [-0.3, -0.25) is 9.78 Å². The topological polar surface area (TPSA) is 42.0 Å². The lowest BCUT2D eigenvalue weighted by molar-refractivity contribution is 0.0939. The molecule has 0 spiro atoms. The molecule has 1 atom stereocenters. The van der Waals surface area contributed by atoms with Crippen molar-refractivity contribution in [2.45, 2.75) is 13.0 Å². The third kappa shape index (κ3) is 2.46. The summed E-state index contributed by atoms with van der Waals surface area (Å²) in [7, 11) is 0. The van der Waals surface area contributed by atoms with Gasteiger partial charge >= 0.3 is 0 Å². The number of thiophene rings is 1. The maximum absolute atomic E-state index is 11.8. The second-order valence-corrected chi connectivity index (χ2v) is 4.24. The lowest BCUT2D eigenvalue weighted by Crippen LogP contribution is -2.26. The fraction of sp³-hybridized carbons (Fsp3) is 0.167. The molecule has 4 heteroatoms. The Labute approximate surface area is 98.2 Å². The van der Waals surface area contributed by atoms with E-state index in [0.717, 1.165) is 5.69 Å². The first-order chi connectivity index (χ1) is 7.77. The summed E-state index contributed by atoms with van der Waals surface area (Å²) in [6.07, 6.45) is 1.72. The number of pyridine rings is 1. The molecular formula is C12H12N2OS. The predicted octanol–water partition coefficient (Wildman–Crippen LogP) is 2.63. The summed E-state index contributed by atoms with van der Waals surface area (Å²) < 4.78 is 0. The van der Waals surface area contributed by atoms with E-state index < -0.39 is 0 Å². The van der Waals surface area contributed by atoms with Gasteiger partial charge in [0.05, 0.1) is 17.3 Å². The standard InChI is InChI=1S/C12H12N2OS/c1-9(11-4-2-3-6-13-11)14-12(15)10-5-7-16-8-10/h2-9H,1H3,(H,14,15). The Hall–Kier alpha value is -1.68. The van der Waals surface area contributed by atoms with Gasteiger partial charge in [-0.25, -0.2) is 0 Å². The van der Waals surface area contributed by atoms with E-state index in [1.165, 1.54) is 11.3 Å². The number of hydrogen-bond donors (Lipinski definition) is 1. The maximum atomic E-state index is 11.8. The molecule has 2 heterocycles. The first-order valence-corrected chi connectivity index (χ1v) is 5.95. The normalized spacial score (nSPS) is 12.1. The highest BCUT2D eigenvalue weighted by Gasteiger charge is 2.11. The van der Waals surface area contributed by atoms with Crippen molar-refractivity contribution in [1.82, 2.24) is 10.3 Å². The molecule has 0 aliphatic heterocycles. The molecule has 1 unspecified atom stereocenters. The largest absolute Gasteiger partial charge is 0.344 e. The van der Waals surface area contributed by atoms with Crippen LogP contribution in [0.25, 0.3) is 0 Å². The summed E-state index contributed by atoms with van der Waals surface area (Å²) >= 11 is 1.51. The fourth-order valence-corrected chi connectivity index (χ4v) is 2.02. The van der Waals surface area contributed by atoms with Crippen LogP contribution in [0.5, 0.6) is 0 Å². The quantitative estimate of drug-likeness (QED) is 0.884. The average molecular weight is 232 g/mol. The first kappa shape index (κ1) is 10.8. The lowest BCUT2D eigenvalue weighted by atomic mass is 10.2. The fourth-order valence-electron chi connectivity index (χ4n) is 1.38. The SMILES string of the molecule is CC(NC(=O)c1ccsc1)c1ccccn1. The molecule has 3 nitrogen and oxygen atoms in total. The number of carbonyl (C=O) groups excluding carboxylic acids is 1. The van der Waals surface area contributed by atoms with Crippen molar-refractivity contribution in [1.29, 1.82) is 0 Å². The van der Waals surface area contributed by atoms with Gasteiger partial charge in [-0.2, -0.15) is 11.3 Å². The van der Waals surface area contributed by atoms with Gasteiger partial charge in [0.2, 0.25) is 0 Å². The highest BCUT2D eigenvalue weighted by atomic mass is 32.1. The molecule has 2 aromatic heterocycles. The van der Waals surface area contributed by atoms with E-state index in [0.29, 0.717) is 5.56 Å². The number of aromatic nitrogens is 1. The molecule has 0 bridgehead atoms. The third-order valence-electron chi connectivity index (χ3n) is 2.26. The second-order valence-electron chi connectivity index (χ2n) is 3.46. The highest BCUT2D eigenvalue weighted by Crippen LogP contribution is 2.11. The molecule has 2 rings (SSSR count). The Bertz CT molecular complexity index is 453. The number of carbonyl (C=O) groups is 1. The van der Waals surface area contributed by atoms with Crippen molar-refractivity contribution < 1.29 is 4.79 Å². The molecule has 0 saturated heterocycles. The van der Waals surface area contributed by atoms with Crippen molar-refractivity contribution >= 4 is 17.2 Å². The number of hydrogen-bond acceptors (Lipinski definition) is 3. The molecule has 1 N–H and O–H groups in total. The molecule has 0 radical (unpaired) electrons. The van der Waals surface area contributed by atoms with Crippen molar-refractivity contribution in [3.05, 3.63) is 52.5 Å². The smallest absolute Gasteiger partial charge is 0.252 e. The Kier molecular flexibility index (Phi) is 3.31. The highest BCUT2D eigenvalue weighted by molar-refractivity contribution is 7.08. The van der Waals surface area contributed by atoms with Crippen LogP contribution in [-0.2, 0) is 0 Å². The first-order valence-electron chi connectivity index (χ1n) is 5.01. The molecule has 0 aliphatic carbocycles. The van der Waals surface area contributed by atoms with Gasteiger partial charge in [0.15, 0.2) is 0 Å². The van der Waals surface area contributed by atoms with Crippen molar-refractivity contribution in [2.24, 2.45) is 0 Å². The molecule has 16 heavy (non-hydrogen) atoms. The third-order valence-corrected chi connectivity index (χ3v) is 2.95. The zero-order valence-electron chi connectivity index (χ0n) is 8.88. The van der Waals surface area contributed by atoms with Gasteiger partial charge < -0.3 is 5.32 Å². The van der Waals surface area contributed by atoms with Crippen molar-refractivity contribution in [2.75, 3.05) is 0 Å². The van der Waals surface area contributed by atoms with E-state index in [4.69, 9.17) is 0 Å². The van der Waals surface area contributed by atoms with Crippen molar-refractivity contribution in [3.8, 4) is 0 Å². The van der Waals surface area contributed by atoms with Gasteiger partial charge in [-0.05, 0) is 30.5 Å². The predicted molar refractivity (Wildman–Crippen MR) is 64.4 cm³/mol. The van der Waals surface area contributed by atoms with Gasteiger partial charge in [0.1, 0.15) is 0 Å². The summed E-state index contributed by atoms with van der Waals surface area (Å²) in [4.78, 5) is 16.0. The Morgan fingerprint density at radius 3 is 2.94 bits per heavy atom. The summed E-state index contributed by atoms with van der Waals surface area (Å²) in [5.74, 6) is -0.0561. The van der Waals surface area contributed by atoms with E-state index in [1.54, 1.807) is 6.20 Å². The monoisotopic (exact) mass is 232 g/mol. The van der Waals surface area contributed by atoms with Gasteiger partial charge in [0.25, 0.3) is 5.91 Å². The Morgan fingerprint density at radius 2 is 2.31 bits per heavy atom. The number of nitrogens with zero attached hydrogens (tertiary/aromatic N) is 1. The molecule has 0 aliphatic rings. The van der Waals surface area contributed by atoms with Crippen LogP contribution < -0.4 is 5.32 Å². The summed E-state index contributed by atoms with van der Waals surface area (Å²) in [5.41, 5.74) is 1.57. The zero-order valence-corrected chi connectivity index (χ0v) is 9.70. The maximum Gasteiger partial charge on any atom is 0.252 e. The minimum absolute atomic E-state index is 0.0561. The summed E-state index contributed by atoms with van der Waals surface area (Å²) in [5, 5.41) is 6.63. The second kappa shape index (κ2) is 4.90. The van der Waals surface area contributed by atoms with Crippen LogP contribution >= 0.6 is 11.3 Å². The van der Waals surface area contributed by atoms with Crippen LogP contribution in [0.2, 0.25) is 0 Å². The van der Waals surface area contributed by atoms with Crippen LogP contribution in [0, 0.1) is 0 Å². The number of nitrogens with one attached hydrogen (secondary N) is 1. The van der Waals surface area contributed by atoms with Crippen LogP contribution in [0.3, 0.4) is 0 Å². The molecule has 1 amide bonds. The summed E-state index contributed by atoms with van der Waals surface area (Å²) in [6, 6.07) is 7.41. The van der Waals surface area contributed by atoms with Gasteiger partial charge in [0, 0.05) is 11.6 Å². The van der Waals surface area contributed by atoms with E-state index in [-0.39, 0.29) is 11.9 Å². The van der Waals surface area contributed by atoms with Crippen molar-refractivity contribution in [3.63, 3.8) is 0 Å². The van der Waals surface area contributed by atoms with E-state index >= 15 is 0 Å². The van der Waals surface area contributed by atoms with Crippen LogP contribution in [0.4, 0.5) is 0 Å². The molecule has 82 valence electrons. The Morgan fingerprint density at radius 1 is 1.44 bits per heavy atom. The van der Waals surface area contributed by atoms with E-state index in [2.05, 4.69) is 10.3 Å². The average Bonchev–Trinajstić information content (AvgIpc) is 2.83. The molecule has 0 fully saturated rings. The molecule has 0 aromatic carbocycles. The summed E-state index contributed by atoms with van der Waals surface area (Å²) in [6.45, 7) is 1.92. The van der Waals surface area contributed by atoms with Crippen LogP contribution in [0.1, 0.15) is 29.0 Å².